The van der Waals surface area contributed by atoms with Gasteiger partial charge in [-0.05, 0) is 42.5 Å². The summed E-state index contributed by atoms with van der Waals surface area (Å²) in [6, 6.07) is 20.7. The third kappa shape index (κ3) is 2.20. The van der Waals surface area contributed by atoms with Crippen molar-refractivity contribution < 1.29 is 0 Å². The number of hydrogen-bond acceptors (Lipinski definition) is 3. The Hall–Kier alpha value is -2.37. The number of anilines is 2. The molecule has 3 aromatic carbocycles. The largest absolute Gasteiger partial charge is 0.354 e. The number of nitrogens with zero attached hydrogens (tertiary/aromatic N) is 1. The van der Waals surface area contributed by atoms with Crippen molar-refractivity contribution in [1.29, 1.82) is 0 Å². The average molecular weight is 394 g/mol. The van der Waals surface area contributed by atoms with Gasteiger partial charge in [0.2, 0.25) is 0 Å². The molecule has 3 nitrogen and oxygen atoms in total. The minimum absolute atomic E-state index is 0.910. The zero-order valence-electron chi connectivity index (χ0n) is 12.5. The Morgan fingerprint density at radius 1 is 0.958 bits per heavy atom. The summed E-state index contributed by atoms with van der Waals surface area (Å²) in [5, 5.41) is 6.77. The van der Waals surface area contributed by atoms with Gasteiger partial charge < -0.3 is 10.3 Å². The van der Waals surface area contributed by atoms with Gasteiger partial charge in [0, 0.05) is 32.0 Å². The fraction of sp³-hybridized carbons (Fsp3) is 0. The highest BCUT2D eigenvalue weighted by Crippen LogP contribution is 2.38. The van der Waals surface area contributed by atoms with Crippen LogP contribution in [0.2, 0.25) is 0 Å². The Bertz CT molecular complexity index is 1190. The lowest BCUT2D eigenvalue weighted by atomic mass is 10.1. The van der Waals surface area contributed by atoms with Crippen LogP contribution in [-0.4, -0.2) is 9.97 Å². The lowest BCUT2D eigenvalue weighted by Gasteiger charge is -1.99. The molecule has 0 unspecified atom stereocenters. The molecule has 0 saturated heterocycles. The SMILES string of the molecule is Brc1ccc2[nH]c3ccc4nc(Nc5ccccc5)sc4c3c2c1. The van der Waals surface area contributed by atoms with Crippen molar-refractivity contribution in [3.05, 3.63) is 65.1 Å². The van der Waals surface area contributed by atoms with Gasteiger partial charge in [-0.3, -0.25) is 0 Å². The zero-order valence-corrected chi connectivity index (χ0v) is 14.9. The van der Waals surface area contributed by atoms with Crippen LogP contribution in [-0.2, 0) is 0 Å². The molecule has 24 heavy (non-hydrogen) atoms. The van der Waals surface area contributed by atoms with Gasteiger partial charge in [-0.1, -0.05) is 45.5 Å². The van der Waals surface area contributed by atoms with Crippen LogP contribution >= 0.6 is 27.3 Å². The zero-order chi connectivity index (χ0) is 16.1. The lowest BCUT2D eigenvalue weighted by molar-refractivity contribution is 1.44. The van der Waals surface area contributed by atoms with E-state index in [1.54, 1.807) is 11.3 Å². The van der Waals surface area contributed by atoms with Crippen molar-refractivity contribution in [2.24, 2.45) is 0 Å². The highest BCUT2D eigenvalue weighted by atomic mass is 79.9. The molecule has 0 aliphatic heterocycles. The normalized spacial score (nSPS) is 11.5. The van der Waals surface area contributed by atoms with Crippen LogP contribution in [0.5, 0.6) is 0 Å². The van der Waals surface area contributed by atoms with Crippen LogP contribution in [0.1, 0.15) is 0 Å². The van der Waals surface area contributed by atoms with Crippen molar-refractivity contribution >= 4 is 70.1 Å². The first-order chi connectivity index (χ1) is 11.8. The third-order valence-electron chi connectivity index (χ3n) is 4.10. The van der Waals surface area contributed by atoms with Gasteiger partial charge in [0.25, 0.3) is 0 Å². The van der Waals surface area contributed by atoms with Gasteiger partial charge in [-0.25, -0.2) is 4.98 Å². The molecule has 5 rings (SSSR count). The monoisotopic (exact) mass is 393 g/mol. The molecule has 5 heteroatoms. The van der Waals surface area contributed by atoms with Gasteiger partial charge >= 0.3 is 0 Å². The van der Waals surface area contributed by atoms with Crippen LogP contribution in [0.15, 0.2) is 65.1 Å². The number of nitrogens with one attached hydrogen (secondary N) is 2. The number of fused-ring (bicyclic) bond motifs is 5. The van der Waals surface area contributed by atoms with E-state index >= 15 is 0 Å². The molecule has 0 aliphatic carbocycles. The number of thiazole rings is 1. The second-order valence-electron chi connectivity index (χ2n) is 5.66. The number of para-hydroxylation sites is 1. The van der Waals surface area contributed by atoms with E-state index in [1.165, 1.54) is 15.5 Å². The van der Waals surface area contributed by atoms with E-state index in [0.717, 1.165) is 31.8 Å². The molecule has 0 bridgehead atoms. The first kappa shape index (κ1) is 14.0. The van der Waals surface area contributed by atoms with E-state index in [0.29, 0.717) is 0 Å². The van der Waals surface area contributed by atoms with E-state index in [4.69, 9.17) is 4.98 Å². The quantitative estimate of drug-likeness (QED) is 0.362. The van der Waals surface area contributed by atoms with Crippen molar-refractivity contribution in [1.82, 2.24) is 9.97 Å². The summed E-state index contributed by atoms with van der Waals surface area (Å²) < 4.78 is 2.29. The van der Waals surface area contributed by atoms with E-state index < -0.39 is 0 Å². The molecule has 2 aromatic heterocycles. The van der Waals surface area contributed by atoms with Gasteiger partial charge in [-0.15, -0.1) is 0 Å². The Balaban J connectivity index is 1.75. The second-order valence-corrected chi connectivity index (χ2v) is 7.58. The standard InChI is InChI=1S/C19H12BrN3S/c20-11-6-7-14-13(10-11)17-15(22-14)8-9-16-18(17)24-19(23-16)21-12-4-2-1-3-5-12/h1-10,22H,(H,21,23). The smallest absolute Gasteiger partial charge is 0.188 e. The maximum atomic E-state index is 4.75. The van der Waals surface area contributed by atoms with Crippen molar-refractivity contribution in [3.8, 4) is 0 Å². The number of benzene rings is 3. The Labute approximate surface area is 150 Å². The molecule has 0 radical (unpaired) electrons. The number of rotatable bonds is 2. The number of aromatic amines is 1. The maximum Gasteiger partial charge on any atom is 0.188 e. The van der Waals surface area contributed by atoms with E-state index in [1.807, 2.05) is 30.3 Å². The second kappa shape index (κ2) is 5.33. The summed E-state index contributed by atoms with van der Waals surface area (Å²) in [4.78, 5) is 8.24. The van der Waals surface area contributed by atoms with Crippen molar-refractivity contribution in [2.45, 2.75) is 0 Å². The first-order valence-electron chi connectivity index (χ1n) is 7.60. The Kier molecular flexibility index (Phi) is 3.11. The van der Waals surface area contributed by atoms with Crippen LogP contribution in [0, 0.1) is 0 Å². The fourth-order valence-corrected chi connectivity index (χ4v) is 4.45. The average Bonchev–Trinajstić information content (AvgIpc) is 3.15. The van der Waals surface area contributed by atoms with Crippen LogP contribution in [0.4, 0.5) is 10.8 Å². The predicted octanol–water partition coefficient (Wildman–Crippen LogP) is 6.44. The highest BCUT2D eigenvalue weighted by Gasteiger charge is 2.12. The highest BCUT2D eigenvalue weighted by molar-refractivity contribution is 9.10. The van der Waals surface area contributed by atoms with Crippen molar-refractivity contribution in [3.63, 3.8) is 0 Å². The molecule has 0 aliphatic rings. The summed E-state index contributed by atoms with van der Waals surface area (Å²) >= 11 is 5.27. The van der Waals surface area contributed by atoms with E-state index in [-0.39, 0.29) is 0 Å². The van der Waals surface area contributed by atoms with Crippen LogP contribution in [0.25, 0.3) is 32.0 Å². The molecule has 0 fully saturated rings. The Morgan fingerprint density at radius 2 is 1.79 bits per heavy atom. The molecular formula is C19H12BrN3S. The summed E-state index contributed by atoms with van der Waals surface area (Å²) in [6.07, 6.45) is 0. The minimum Gasteiger partial charge on any atom is -0.354 e. The summed E-state index contributed by atoms with van der Waals surface area (Å²) in [5.41, 5.74) is 4.36. The van der Waals surface area contributed by atoms with Crippen molar-refractivity contribution in [2.75, 3.05) is 5.32 Å². The number of hydrogen-bond donors (Lipinski definition) is 2. The molecule has 0 saturated carbocycles. The van der Waals surface area contributed by atoms with Gasteiger partial charge in [-0.2, -0.15) is 0 Å². The van der Waals surface area contributed by atoms with Crippen LogP contribution in [0.3, 0.4) is 0 Å². The summed E-state index contributed by atoms with van der Waals surface area (Å²) in [6.45, 7) is 0. The summed E-state index contributed by atoms with van der Waals surface area (Å²) in [5.74, 6) is 0. The summed E-state index contributed by atoms with van der Waals surface area (Å²) in [7, 11) is 0. The fourth-order valence-electron chi connectivity index (χ4n) is 3.04. The number of halogens is 1. The topological polar surface area (TPSA) is 40.7 Å². The van der Waals surface area contributed by atoms with Gasteiger partial charge in [0.05, 0.1) is 10.2 Å². The van der Waals surface area contributed by atoms with Gasteiger partial charge in [0.1, 0.15) is 0 Å². The number of H-pyrrole nitrogens is 1. The Morgan fingerprint density at radius 3 is 2.67 bits per heavy atom. The van der Waals surface area contributed by atoms with Gasteiger partial charge in [0.15, 0.2) is 5.13 Å². The maximum absolute atomic E-state index is 4.75. The molecule has 0 spiro atoms. The molecule has 0 amide bonds. The molecule has 2 heterocycles. The third-order valence-corrected chi connectivity index (χ3v) is 5.60. The van der Waals surface area contributed by atoms with Crippen LogP contribution < -0.4 is 5.32 Å². The molecule has 116 valence electrons. The lowest BCUT2D eigenvalue weighted by Crippen LogP contribution is -1.87. The predicted molar refractivity (Wildman–Crippen MR) is 106 cm³/mol. The number of aromatic nitrogens is 2. The molecule has 2 N–H and O–H groups in total. The minimum atomic E-state index is 0.910. The van der Waals surface area contributed by atoms with E-state index in [2.05, 4.69) is 56.6 Å². The van der Waals surface area contributed by atoms with E-state index in [9.17, 15) is 0 Å². The molecule has 0 atom stereocenters. The molecule has 5 aromatic rings. The molecular weight excluding hydrogens is 382 g/mol. The first-order valence-corrected chi connectivity index (χ1v) is 9.21.